The largest absolute Gasteiger partial charge is 0.456 e. The molecule has 3 aromatic heterocycles. The van der Waals surface area contributed by atoms with Gasteiger partial charge in [-0.2, -0.15) is 0 Å². The van der Waals surface area contributed by atoms with Crippen molar-refractivity contribution >= 4 is 75.8 Å². The van der Waals surface area contributed by atoms with Crippen molar-refractivity contribution in [2.75, 3.05) is 0 Å². The Morgan fingerprint density at radius 3 is 1.96 bits per heavy atom. The fourth-order valence-corrected chi connectivity index (χ4v) is 8.51. The van der Waals surface area contributed by atoms with Crippen molar-refractivity contribution in [3.8, 4) is 44.7 Å². The predicted molar refractivity (Wildman–Crippen MR) is 215 cm³/mol. The van der Waals surface area contributed by atoms with Gasteiger partial charge in [0.25, 0.3) is 0 Å². The van der Waals surface area contributed by atoms with Gasteiger partial charge >= 0.3 is 0 Å². The number of hydrogen-bond donors (Lipinski definition) is 0. The van der Waals surface area contributed by atoms with Gasteiger partial charge in [0, 0.05) is 33.5 Å². The van der Waals surface area contributed by atoms with Gasteiger partial charge in [0.05, 0.1) is 15.8 Å². The average Bonchev–Trinajstić information content (AvgIpc) is 3.81. The Kier molecular flexibility index (Phi) is 6.35. The molecule has 0 aliphatic carbocycles. The fourth-order valence-electron chi connectivity index (χ4n) is 7.50. The van der Waals surface area contributed by atoms with Crippen LogP contribution in [0.15, 0.2) is 162 Å². The van der Waals surface area contributed by atoms with Crippen molar-refractivity contribution in [3.63, 3.8) is 0 Å². The fraction of sp³-hybridized carbons (Fsp3) is 0. The van der Waals surface area contributed by atoms with Crippen LogP contribution in [0.1, 0.15) is 0 Å². The molecule has 52 heavy (non-hydrogen) atoms. The number of nitrogens with zero attached hydrogens (tertiary/aromatic N) is 4. The summed E-state index contributed by atoms with van der Waals surface area (Å²) < 4.78 is 7.53. The molecule has 3 heterocycles. The zero-order chi connectivity index (χ0) is 34.2. The van der Waals surface area contributed by atoms with E-state index in [2.05, 4.69) is 121 Å². The van der Waals surface area contributed by atoms with E-state index in [4.69, 9.17) is 24.4 Å². The molecule has 0 atom stereocenters. The van der Waals surface area contributed by atoms with Gasteiger partial charge in [0.15, 0.2) is 17.5 Å². The van der Waals surface area contributed by atoms with Gasteiger partial charge in [0.1, 0.15) is 16.2 Å². The van der Waals surface area contributed by atoms with Crippen molar-refractivity contribution in [1.82, 2.24) is 19.9 Å². The quantitative estimate of drug-likeness (QED) is 0.173. The summed E-state index contributed by atoms with van der Waals surface area (Å²) in [6.45, 7) is 0. The summed E-state index contributed by atoms with van der Waals surface area (Å²) in [6.07, 6.45) is 0. The number of furan rings is 1. The molecule has 8 aromatic carbocycles. The van der Waals surface area contributed by atoms with Crippen LogP contribution in [0.5, 0.6) is 0 Å². The Hall–Kier alpha value is -6.76. The monoisotopic (exact) mass is 682 g/mol. The maximum atomic E-state index is 6.53. The SMILES string of the molecule is c1ccc(-c2nc3c(-c4nc(-c5ccc6ccccc6c5)nc(-c5cc6ccccc6c6ccccc56)n4)c4c(cc3s2)oc2ccccc24)cc1. The second-order valence-corrected chi connectivity index (χ2v) is 14.0. The number of aromatic nitrogens is 4. The molecule has 11 rings (SSSR count). The highest BCUT2D eigenvalue weighted by molar-refractivity contribution is 7.21. The molecule has 0 radical (unpaired) electrons. The van der Waals surface area contributed by atoms with Crippen molar-refractivity contribution < 1.29 is 4.42 Å². The van der Waals surface area contributed by atoms with Gasteiger partial charge in [-0.3, -0.25) is 0 Å². The minimum atomic E-state index is 0.553. The molecule has 0 aliphatic rings. The van der Waals surface area contributed by atoms with Crippen molar-refractivity contribution in [2.45, 2.75) is 0 Å². The van der Waals surface area contributed by atoms with E-state index in [0.717, 1.165) is 86.3 Å². The highest BCUT2D eigenvalue weighted by Gasteiger charge is 2.24. The van der Waals surface area contributed by atoms with Gasteiger partial charge < -0.3 is 4.42 Å². The zero-order valence-corrected chi connectivity index (χ0v) is 28.4. The first-order valence-electron chi connectivity index (χ1n) is 17.2. The number of thiazole rings is 1. The molecular formula is C46H26N4OS. The average molecular weight is 683 g/mol. The number of rotatable bonds is 4. The summed E-state index contributed by atoms with van der Waals surface area (Å²) >= 11 is 1.65. The second-order valence-electron chi connectivity index (χ2n) is 13.0. The van der Waals surface area contributed by atoms with E-state index in [-0.39, 0.29) is 0 Å². The molecule has 5 nitrogen and oxygen atoms in total. The first-order chi connectivity index (χ1) is 25.7. The lowest BCUT2D eigenvalue weighted by atomic mass is 9.96. The van der Waals surface area contributed by atoms with Crippen LogP contribution < -0.4 is 0 Å². The molecule has 11 aromatic rings. The van der Waals surface area contributed by atoms with Crippen LogP contribution >= 0.6 is 11.3 Å². The van der Waals surface area contributed by atoms with Crippen LogP contribution in [-0.2, 0) is 0 Å². The van der Waals surface area contributed by atoms with E-state index in [9.17, 15) is 0 Å². The lowest BCUT2D eigenvalue weighted by Gasteiger charge is -2.13. The molecule has 0 amide bonds. The lowest BCUT2D eigenvalue weighted by Crippen LogP contribution is -2.01. The van der Waals surface area contributed by atoms with E-state index in [0.29, 0.717) is 17.5 Å². The van der Waals surface area contributed by atoms with Crippen LogP contribution in [0.25, 0.3) is 109 Å². The molecule has 242 valence electrons. The molecule has 6 heteroatoms. The van der Waals surface area contributed by atoms with Crippen LogP contribution in [0.4, 0.5) is 0 Å². The summed E-state index contributed by atoms with van der Waals surface area (Å²) in [4.78, 5) is 21.3. The van der Waals surface area contributed by atoms with E-state index in [1.165, 1.54) is 5.39 Å². The summed E-state index contributed by atoms with van der Waals surface area (Å²) in [7, 11) is 0. The first kappa shape index (κ1) is 29.0. The normalized spacial score (nSPS) is 11.8. The van der Waals surface area contributed by atoms with Crippen LogP contribution in [-0.4, -0.2) is 19.9 Å². The molecule has 0 unspecified atom stereocenters. The van der Waals surface area contributed by atoms with Gasteiger partial charge in [-0.05, 0) is 50.5 Å². The first-order valence-corrected chi connectivity index (χ1v) is 18.0. The van der Waals surface area contributed by atoms with Gasteiger partial charge in [-0.1, -0.05) is 133 Å². The molecule has 0 bridgehead atoms. The molecule has 0 spiro atoms. The third kappa shape index (κ3) is 4.55. The lowest BCUT2D eigenvalue weighted by molar-refractivity contribution is 0.669. The minimum absolute atomic E-state index is 0.553. The molecule has 0 fully saturated rings. The number of hydrogen-bond acceptors (Lipinski definition) is 6. The third-order valence-electron chi connectivity index (χ3n) is 9.92. The minimum Gasteiger partial charge on any atom is -0.456 e. The van der Waals surface area contributed by atoms with Crippen molar-refractivity contribution in [3.05, 3.63) is 158 Å². The highest BCUT2D eigenvalue weighted by atomic mass is 32.1. The highest BCUT2D eigenvalue weighted by Crippen LogP contribution is 2.44. The van der Waals surface area contributed by atoms with E-state index < -0.39 is 0 Å². The second kappa shape index (κ2) is 11.4. The van der Waals surface area contributed by atoms with Crippen molar-refractivity contribution in [2.24, 2.45) is 0 Å². The van der Waals surface area contributed by atoms with E-state index in [1.54, 1.807) is 11.3 Å². The summed E-state index contributed by atoms with van der Waals surface area (Å²) in [5.41, 5.74) is 6.19. The Labute approximate surface area is 301 Å². The maximum absolute atomic E-state index is 6.53. The molecule has 0 N–H and O–H groups in total. The third-order valence-corrected chi connectivity index (χ3v) is 11.0. The Morgan fingerprint density at radius 1 is 0.423 bits per heavy atom. The van der Waals surface area contributed by atoms with Gasteiger partial charge in [-0.25, -0.2) is 19.9 Å². The zero-order valence-electron chi connectivity index (χ0n) is 27.6. The van der Waals surface area contributed by atoms with Crippen LogP contribution in [0.3, 0.4) is 0 Å². The van der Waals surface area contributed by atoms with Gasteiger partial charge in [0.2, 0.25) is 0 Å². The molecule has 0 aliphatic heterocycles. The summed E-state index contributed by atoms with van der Waals surface area (Å²) in [5.74, 6) is 1.75. The molecular weight excluding hydrogens is 657 g/mol. The van der Waals surface area contributed by atoms with E-state index >= 15 is 0 Å². The number of para-hydroxylation sites is 1. The summed E-state index contributed by atoms with van der Waals surface area (Å²) in [6, 6.07) is 54.6. The van der Waals surface area contributed by atoms with Gasteiger partial charge in [-0.15, -0.1) is 11.3 Å². The maximum Gasteiger partial charge on any atom is 0.167 e. The number of benzene rings is 8. The van der Waals surface area contributed by atoms with Crippen LogP contribution in [0, 0.1) is 0 Å². The number of fused-ring (bicyclic) bond motifs is 8. The molecule has 0 saturated carbocycles. The Balaban J connectivity index is 1.27. The molecule has 0 saturated heterocycles. The standard InChI is InChI=1S/C46H26N4OS/c1-2-13-28(14-3-1)46-47-42-39(52-46)26-38-40(35-20-10-11-21-37(35)51-38)41(42)45-49-43(31-23-22-27-12-4-5-15-29(27)24-31)48-44(50-45)36-25-30-16-6-7-17-32(30)33-18-8-9-19-34(33)36/h1-26H. The topological polar surface area (TPSA) is 64.7 Å². The van der Waals surface area contributed by atoms with Crippen LogP contribution in [0.2, 0.25) is 0 Å². The smallest absolute Gasteiger partial charge is 0.167 e. The Morgan fingerprint density at radius 2 is 1.10 bits per heavy atom. The summed E-state index contributed by atoms with van der Waals surface area (Å²) in [5, 5.41) is 9.71. The van der Waals surface area contributed by atoms with E-state index in [1.807, 2.05) is 36.4 Å². The Bertz CT molecular complexity index is 3200. The van der Waals surface area contributed by atoms with Crippen molar-refractivity contribution in [1.29, 1.82) is 0 Å². The predicted octanol–water partition coefficient (Wildman–Crippen LogP) is 12.5.